The van der Waals surface area contributed by atoms with Gasteiger partial charge in [-0.05, 0) is 68.0 Å². The van der Waals surface area contributed by atoms with E-state index in [0.29, 0.717) is 48.8 Å². The highest BCUT2D eigenvalue weighted by atomic mass is 32.2. The highest BCUT2D eigenvalue weighted by Crippen LogP contribution is 2.27. The zero-order valence-corrected chi connectivity index (χ0v) is 22.0. The Kier molecular flexibility index (Phi) is 9.18. The quantitative estimate of drug-likeness (QED) is 0.488. The van der Waals surface area contributed by atoms with Crippen LogP contribution in [0.25, 0.3) is 0 Å². The number of ether oxygens (including phenoxy) is 2. The summed E-state index contributed by atoms with van der Waals surface area (Å²) in [5.74, 6) is -0.0336. The number of anilines is 1. The van der Waals surface area contributed by atoms with Gasteiger partial charge in [0.05, 0.1) is 29.4 Å². The monoisotopic (exact) mass is 529 g/mol. The molecule has 0 aliphatic carbocycles. The molecule has 2 fully saturated rings. The molecule has 2 aliphatic heterocycles. The molecular weight excluding hydrogens is 494 g/mol. The lowest BCUT2D eigenvalue weighted by molar-refractivity contribution is -0.116. The summed E-state index contributed by atoms with van der Waals surface area (Å²) in [6, 6.07) is 11.6. The molecule has 2 N–H and O–H groups in total. The van der Waals surface area contributed by atoms with Gasteiger partial charge in [-0.25, -0.2) is 8.42 Å². The Morgan fingerprint density at radius 2 is 1.86 bits per heavy atom. The molecule has 2 heterocycles. The van der Waals surface area contributed by atoms with E-state index >= 15 is 0 Å². The van der Waals surface area contributed by atoms with Gasteiger partial charge in [-0.3, -0.25) is 9.59 Å². The molecule has 2 amide bonds. The molecule has 37 heavy (non-hydrogen) atoms. The van der Waals surface area contributed by atoms with Crippen molar-refractivity contribution in [1.29, 1.82) is 0 Å². The molecule has 0 bridgehead atoms. The number of para-hydroxylation sites is 1. The summed E-state index contributed by atoms with van der Waals surface area (Å²) in [6.07, 6.45) is 5.06. The van der Waals surface area contributed by atoms with Crippen molar-refractivity contribution in [1.82, 2.24) is 9.62 Å². The van der Waals surface area contributed by atoms with Gasteiger partial charge in [0.15, 0.2) is 0 Å². The van der Waals surface area contributed by atoms with E-state index in [1.54, 1.807) is 42.5 Å². The van der Waals surface area contributed by atoms with Crippen LogP contribution in [-0.2, 0) is 26.0 Å². The number of carbonyl (C=O) groups is 2. The van der Waals surface area contributed by atoms with E-state index in [4.69, 9.17) is 9.47 Å². The van der Waals surface area contributed by atoms with Gasteiger partial charge in [-0.15, -0.1) is 0 Å². The van der Waals surface area contributed by atoms with Crippen molar-refractivity contribution in [2.45, 2.75) is 55.9 Å². The first-order chi connectivity index (χ1) is 17.9. The number of sulfonamides is 1. The molecule has 9 nitrogen and oxygen atoms in total. The maximum atomic E-state index is 13.1. The summed E-state index contributed by atoms with van der Waals surface area (Å²) in [7, 11) is -2.08. The largest absolute Gasteiger partial charge is 0.496 e. The molecule has 2 saturated heterocycles. The van der Waals surface area contributed by atoms with E-state index in [2.05, 4.69) is 10.6 Å². The second kappa shape index (κ2) is 12.5. The third kappa shape index (κ3) is 6.88. The van der Waals surface area contributed by atoms with Crippen molar-refractivity contribution in [3.63, 3.8) is 0 Å². The first kappa shape index (κ1) is 27.1. The van der Waals surface area contributed by atoms with E-state index in [1.807, 2.05) is 0 Å². The van der Waals surface area contributed by atoms with Gasteiger partial charge < -0.3 is 20.1 Å². The molecule has 0 aromatic heterocycles. The Labute approximate surface area is 218 Å². The van der Waals surface area contributed by atoms with Gasteiger partial charge in [0.25, 0.3) is 5.91 Å². The van der Waals surface area contributed by atoms with Crippen LogP contribution in [0.15, 0.2) is 47.4 Å². The summed E-state index contributed by atoms with van der Waals surface area (Å²) >= 11 is 0. The van der Waals surface area contributed by atoms with Crippen LogP contribution in [0, 0.1) is 0 Å². The smallest absolute Gasteiger partial charge is 0.253 e. The van der Waals surface area contributed by atoms with Crippen molar-refractivity contribution >= 4 is 27.5 Å². The molecule has 2 aromatic carbocycles. The molecule has 10 heteroatoms. The minimum Gasteiger partial charge on any atom is -0.496 e. The van der Waals surface area contributed by atoms with Crippen LogP contribution in [-0.4, -0.2) is 64.0 Å². The third-order valence-corrected chi connectivity index (χ3v) is 8.68. The maximum absolute atomic E-state index is 13.1. The fourth-order valence-corrected chi connectivity index (χ4v) is 6.29. The molecule has 0 spiro atoms. The number of methoxy groups -OCH3 is 1. The zero-order valence-electron chi connectivity index (χ0n) is 21.2. The third-order valence-electron chi connectivity index (χ3n) is 6.79. The number of aryl methyl sites for hydroxylation is 1. The van der Waals surface area contributed by atoms with Gasteiger partial charge in [-0.2, -0.15) is 4.31 Å². The van der Waals surface area contributed by atoms with Crippen LogP contribution in [0.3, 0.4) is 0 Å². The number of hydrogen-bond acceptors (Lipinski definition) is 6. The number of piperidine rings is 1. The standard InChI is InChI=1S/C27H35N3O6S/c1-35-25-13-12-22(37(33,34)30-15-5-2-6-16-30)18-20(25)11-14-26(31)29-24-10-4-3-9-23(24)27(32)28-19-21-8-7-17-36-21/h3-4,9-10,12-13,18,21H,2,5-8,11,14-17,19H2,1H3,(H,28,32)(H,29,31). The molecule has 1 unspecified atom stereocenters. The topological polar surface area (TPSA) is 114 Å². The van der Waals surface area contributed by atoms with E-state index in [1.165, 1.54) is 11.4 Å². The normalized spacial score (nSPS) is 18.4. The Hall–Kier alpha value is -2.95. The first-order valence-electron chi connectivity index (χ1n) is 12.8. The zero-order chi connectivity index (χ0) is 26.3. The minimum atomic E-state index is -3.60. The molecule has 2 aromatic rings. The van der Waals surface area contributed by atoms with Crippen molar-refractivity contribution in [2.24, 2.45) is 0 Å². The van der Waals surface area contributed by atoms with E-state index in [0.717, 1.165) is 32.1 Å². The summed E-state index contributed by atoms with van der Waals surface area (Å²) in [5, 5.41) is 5.71. The number of amides is 2. The van der Waals surface area contributed by atoms with Crippen molar-refractivity contribution < 1.29 is 27.5 Å². The van der Waals surface area contributed by atoms with Gasteiger partial charge in [0, 0.05) is 32.7 Å². The second-order valence-corrected chi connectivity index (χ2v) is 11.3. The van der Waals surface area contributed by atoms with Crippen LogP contribution in [0.2, 0.25) is 0 Å². The van der Waals surface area contributed by atoms with Gasteiger partial charge >= 0.3 is 0 Å². The van der Waals surface area contributed by atoms with Crippen LogP contribution in [0.4, 0.5) is 5.69 Å². The Morgan fingerprint density at radius 1 is 1.08 bits per heavy atom. The highest BCUT2D eigenvalue weighted by molar-refractivity contribution is 7.89. The fraction of sp³-hybridized carbons (Fsp3) is 0.481. The number of rotatable bonds is 10. The molecule has 200 valence electrons. The summed E-state index contributed by atoms with van der Waals surface area (Å²) < 4.78 is 38.7. The average Bonchev–Trinajstić information content (AvgIpc) is 3.45. The number of nitrogens with one attached hydrogen (secondary N) is 2. The van der Waals surface area contributed by atoms with Gasteiger partial charge in [-0.1, -0.05) is 18.6 Å². The summed E-state index contributed by atoms with van der Waals surface area (Å²) in [6.45, 7) is 2.18. The number of benzene rings is 2. The van der Waals surface area contributed by atoms with Crippen LogP contribution >= 0.6 is 0 Å². The maximum Gasteiger partial charge on any atom is 0.253 e. The first-order valence-corrected chi connectivity index (χ1v) is 14.3. The summed E-state index contributed by atoms with van der Waals surface area (Å²) in [5.41, 5.74) is 1.44. The predicted octanol–water partition coefficient (Wildman–Crippen LogP) is 3.35. The Bertz CT molecular complexity index is 1200. The molecule has 0 radical (unpaired) electrons. The lowest BCUT2D eigenvalue weighted by atomic mass is 10.1. The molecule has 2 aliphatic rings. The van der Waals surface area contributed by atoms with Gasteiger partial charge in [0.1, 0.15) is 5.75 Å². The van der Waals surface area contributed by atoms with E-state index in [9.17, 15) is 18.0 Å². The second-order valence-electron chi connectivity index (χ2n) is 9.38. The van der Waals surface area contributed by atoms with Crippen molar-refractivity contribution in [3.8, 4) is 5.75 Å². The molecular formula is C27H35N3O6S. The SMILES string of the molecule is COc1ccc(S(=O)(=O)N2CCCCC2)cc1CCC(=O)Nc1ccccc1C(=O)NCC1CCCO1. The summed E-state index contributed by atoms with van der Waals surface area (Å²) in [4.78, 5) is 25.8. The number of hydrogen-bond donors (Lipinski definition) is 2. The lowest BCUT2D eigenvalue weighted by Crippen LogP contribution is -2.35. The molecule has 4 rings (SSSR count). The van der Waals surface area contributed by atoms with E-state index < -0.39 is 10.0 Å². The number of carbonyl (C=O) groups excluding carboxylic acids is 2. The number of nitrogens with zero attached hydrogens (tertiary/aromatic N) is 1. The van der Waals surface area contributed by atoms with Crippen molar-refractivity contribution in [3.05, 3.63) is 53.6 Å². The van der Waals surface area contributed by atoms with Crippen LogP contribution < -0.4 is 15.4 Å². The molecule has 0 saturated carbocycles. The Morgan fingerprint density at radius 3 is 2.59 bits per heavy atom. The predicted molar refractivity (Wildman–Crippen MR) is 140 cm³/mol. The van der Waals surface area contributed by atoms with Crippen molar-refractivity contribution in [2.75, 3.05) is 38.7 Å². The molecule has 1 atom stereocenters. The fourth-order valence-electron chi connectivity index (χ4n) is 4.72. The van der Waals surface area contributed by atoms with Crippen LogP contribution in [0.1, 0.15) is 54.4 Å². The minimum absolute atomic E-state index is 0.0233. The van der Waals surface area contributed by atoms with Crippen LogP contribution in [0.5, 0.6) is 5.75 Å². The Balaban J connectivity index is 1.40. The lowest BCUT2D eigenvalue weighted by Gasteiger charge is -2.26. The van der Waals surface area contributed by atoms with Gasteiger partial charge in [0.2, 0.25) is 15.9 Å². The average molecular weight is 530 g/mol. The van der Waals surface area contributed by atoms with E-state index in [-0.39, 0.29) is 35.7 Å². The highest BCUT2D eigenvalue weighted by Gasteiger charge is 2.27.